The van der Waals surface area contributed by atoms with Crippen LogP contribution >= 0.6 is 0 Å². The maximum absolute atomic E-state index is 14.4. The van der Waals surface area contributed by atoms with Crippen LogP contribution in [0.5, 0.6) is 0 Å². The molecule has 0 amide bonds. The summed E-state index contributed by atoms with van der Waals surface area (Å²) in [5.41, 5.74) is 3.11. The third-order valence-corrected chi connectivity index (χ3v) is 6.00. The monoisotopic (exact) mass is 413 g/mol. The van der Waals surface area contributed by atoms with E-state index in [2.05, 4.69) is 10.2 Å². The average Bonchev–Trinajstić information content (AvgIpc) is 3.23. The molecule has 1 N–H and O–H groups in total. The summed E-state index contributed by atoms with van der Waals surface area (Å²) >= 11 is 0. The lowest BCUT2D eigenvalue weighted by molar-refractivity contribution is 0.398. The molecule has 0 spiro atoms. The molecule has 0 aliphatic heterocycles. The van der Waals surface area contributed by atoms with Gasteiger partial charge < -0.3 is 4.40 Å². The van der Waals surface area contributed by atoms with Crippen molar-refractivity contribution in [1.29, 1.82) is 0 Å². The van der Waals surface area contributed by atoms with E-state index in [-0.39, 0.29) is 23.1 Å². The van der Waals surface area contributed by atoms with Gasteiger partial charge in [0.1, 0.15) is 11.5 Å². The molecule has 1 aliphatic carbocycles. The van der Waals surface area contributed by atoms with Crippen molar-refractivity contribution in [1.82, 2.24) is 24.1 Å². The molecular formula is C21H18F3N5O. The van der Waals surface area contributed by atoms with Crippen LogP contribution < -0.4 is 5.69 Å². The maximum Gasteiger partial charge on any atom is 0.343 e. The Morgan fingerprint density at radius 2 is 1.87 bits per heavy atom. The number of hydrogen-bond donors (Lipinski definition) is 1. The van der Waals surface area contributed by atoms with Gasteiger partial charge in [0.25, 0.3) is 0 Å². The first kappa shape index (κ1) is 18.7. The van der Waals surface area contributed by atoms with Crippen molar-refractivity contribution in [3.63, 3.8) is 0 Å². The quantitative estimate of drug-likeness (QED) is 0.513. The minimum atomic E-state index is -1.19. The van der Waals surface area contributed by atoms with Crippen molar-refractivity contribution in [3.8, 4) is 11.4 Å². The minimum Gasteiger partial charge on any atom is -0.304 e. The SMILES string of the molecule is CC1Cc2c(nc3cc(-c4n[nH]c(=O)n4C)ccn23)CC1c1cc(F)c(F)cc1F. The van der Waals surface area contributed by atoms with Crippen molar-refractivity contribution < 1.29 is 13.2 Å². The molecule has 3 aromatic heterocycles. The number of nitrogens with zero attached hydrogens (tertiary/aromatic N) is 4. The zero-order chi connectivity index (χ0) is 21.2. The molecule has 0 fully saturated rings. The lowest BCUT2D eigenvalue weighted by Crippen LogP contribution is -2.23. The highest BCUT2D eigenvalue weighted by molar-refractivity contribution is 5.62. The van der Waals surface area contributed by atoms with Crippen LogP contribution in [0, 0.1) is 23.4 Å². The van der Waals surface area contributed by atoms with E-state index < -0.39 is 17.5 Å². The molecule has 1 aromatic carbocycles. The number of rotatable bonds is 2. The van der Waals surface area contributed by atoms with Crippen molar-refractivity contribution in [2.75, 3.05) is 0 Å². The number of H-pyrrole nitrogens is 1. The van der Waals surface area contributed by atoms with Crippen molar-refractivity contribution in [2.24, 2.45) is 13.0 Å². The molecule has 6 nitrogen and oxygen atoms in total. The topological polar surface area (TPSA) is 68.0 Å². The second-order valence-corrected chi connectivity index (χ2v) is 7.84. The zero-order valence-electron chi connectivity index (χ0n) is 16.3. The van der Waals surface area contributed by atoms with Crippen molar-refractivity contribution in [2.45, 2.75) is 25.7 Å². The first-order valence-corrected chi connectivity index (χ1v) is 9.59. The van der Waals surface area contributed by atoms with Crippen molar-refractivity contribution >= 4 is 5.65 Å². The minimum absolute atomic E-state index is 0.0172. The van der Waals surface area contributed by atoms with E-state index in [1.54, 1.807) is 7.05 Å². The highest BCUT2D eigenvalue weighted by Gasteiger charge is 2.32. The summed E-state index contributed by atoms with van der Waals surface area (Å²) in [4.78, 5) is 16.4. The van der Waals surface area contributed by atoms with E-state index in [0.29, 0.717) is 30.4 Å². The summed E-state index contributed by atoms with van der Waals surface area (Å²) in [6.45, 7) is 1.97. The van der Waals surface area contributed by atoms with E-state index in [4.69, 9.17) is 4.98 Å². The first-order valence-electron chi connectivity index (χ1n) is 9.59. The Morgan fingerprint density at radius 1 is 1.10 bits per heavy atom. The summed E-state index contributed by atoms with van der Waals surface area (Å²) in [6, 6.07) is 5.27. The number of aromatic nitrogens is 5. The van der Waals surface area contributed by atoms with Gasteiger partial charge in [0, 0.05) is 30.6 Å². The molecule has 0 radical (unpaired) electrons. The molecule has 30 heavy (non-hydrogen) atoms. The van der Waals surface area contributed by atoms with Gasteiger partial charge >= 0.3 is 5.69 Å². The summed E-state index contributed by atoms with van der Waals surface area (Å²) in [5, 5.41) is 6.46. The normalized spacial score (nSPS) is 18.7. The van der Waals surface area contributed by atoms with Gasteiger partial charge in [-0.25, -0.2) is 28.0 Å². The molecular weight excluding hydrogens is 395 g/mol. The summed E-state index contributed by atoms with van der Waals surface area (Å²) in [7, 11) is 1.63. The molecule has 1 aliphatic rings. The maximum atomic E-state index is 14.4. The molecule has 4 aromatic rings. The summed E-state index contributed by atoms with van der Waals surface area (Å²) < 4.78 is 44.9. The summed E-state index contributed by atoms with van der Waals surface area (Å²) in [5.74, 6) is -2.76. The van der Waals surface area contributed by atoms with Gasteiger partial charge in [-0.15, -0.1) is 0 Å². The highest BCUT2D eigenvalue weighted by atomic mass is 19.2. The molecule has 5 rings (SSSR count). The number of nitrogens with one attached hydrogen (secondary N) is 1. The van der Waals surface area contributed by atoms with E-state index >= 15 is 0 Å². The molecule has 9 heteroatoms. The molecule has 154 valence electrons. The fourth-order valence-corrected chi connectivity index (χ4v) is 4.36. The van der Waals surface area contributed by atoms with Crippen LogP contribution in [-0.2, 0) is 19.9 Å². The van der Waals surface area contributed by atoms with Crippen molar-refractivity contribution in [3.05, 3.63) is 75.3 Å². The number of aromatic amines is 1. The van der Waals surface area contributed by atoms with Gasteiger partial charge in [-0.3, -0.25) is 4.57 Å². The van der Waals surface area contributed by atoms with Crippen LogP contribution in [-0.4, -0.2) is 24.1 Å². The van der Waals surface area contributed by atoms with Crippen LogP contribution in [0.1, 0.15) is 29.8 Å². The van der Waals surface area contributed by atoms with Crippen LogP contribution in [0.15, 0.2) is 35.3 Å². The molecule has 0 saturated carbocycles. The Labute approximate surface area is 169 Å². The van der Waals surface area contributed by atoms with E-state index in [9.17, 15) is 18.0 Å². The molecule has 2 unspecified atom stereocenters. The van der Waals surface area contributed by atoms with Gasteiger partial charge in [-0.1, -0.05) is 6.92 Å². The van der Waals surface area contributed by atoms with Gasteiger partial charge in [0.15, 0.2) is 17.5 Å². The number of hydrogen-bond acceptors (Lipinski definition) is 3. The zero-order valence-corrected chi connectivity index (χ0v) is 16.3. The standard InChI is InChI=1S/C21H18F3N5O/c1-10-5-18-17(8-12(10)13-7-15(23)16(24)9-14(13)22)25-19-6-11(3-4-29(18)19)20-26-27-21(30)28(20)2/h3-4,6-7,9-10,12H,5,8H2,1-2H3,(H,27,30). The van der Waals surface area contributed by atoms with Crippen LogP contribution in [0.25, 0.3) is 17.0 Å². The van der Waals surface area contributed by atoms with E-state index in [0.717, 1.165) is 23.0 Å². The van der Waals surface area contributed by atoms with E-state index in [1.807, 2.05) is 29.7 Å². The first-order chi connectivity index (χ1) is 14.3. The third-order valence-electron chi connectivity index (χ3n) is 6.00. The van der Waals surface area contributed by atoms with Crippen LogP contribution in [0.3, 0.4) is 0 Å². The van der Waals surface area contributed by atoms with Crippen LogP contribution in [0.4, 0.5) is 13.2 Å². The smallest absolute Gasteiger partial charge is 0.304 e. The second-order valence-electron chi connectivity index (χ2n) is 7.84. The van der Waals surface area contributed by atoms with Gasteiger partial charge in [0.05, 0.1) is 5.69 Å². The largest absolute Gasteiger partial charge is 0.343 e. The van der Waals surface area contributed by atoms with Crippen LogP contribution in [0.2, 0.25) is 0 Å². The third kappa shape index (κ3) is 2.76. The number of benzene rings is 1. The number of halogens is 3. The Kier molecular flexibility index (Phi) is 4.09. The molecule has 0 saturated heterocycles. The Bertz CT molecular complexity index is 1350. The predicted molar refractivity (Wildman–Crippen MR) is 104 cm³/mol. The molecule has 0 bridgehead atoms. The van der Waals surface area contributed by atoms with E-state index in [1.165, 1.54) is 4.57 Å². The number of fused-ring (bicyclic) bond motifs is 3. The Morgan fingerprint density at radius 3 is 2.60 bits per heavy atom. The second kappa shape index (κ2) is 6.58. The lowest BCUT2D eigenvalue weighted by atomic mass is 9.76. The summed E-state index contributed by atoms with van der Waals surface area (Å²) in [6.07, 6.45) is 2.93. The average molecular weight is 413 g/mol. The van der Waals surface area contributed by atoms with Gasteiger partial charge in [-0.2, -0.15) is 5.10 Å². The lowest BCUT2D eigenvalue weighted by Gasteiger charge is -2.29. The predicted octanol–water partition coefficient (Wildman–Crippen LogP) is 3.36. The molecule has 3 heterocycles. The number of pyridine rings is 1. The fourth-order valence-electron chi connectivity index (χ4n) is 4.36. The Hall–Kier alpha value is -3.36. The highest BCUT2D eigenvalue weighted by Crippen LogP contribution is 2.38. The number of imidazole rings is 1. The fraction of sp³-hybridized carbons (Fsp3) is 0.286. The Balaban J connectivity index is 1.57. The molecule has 2 atom stereocenters. The van der Waals surface area contributed by atoms with Gasteiger partial charge in [0.2, 0.25) is 0 Å². The van der Waals surface area contributed by atoms with Gasteiger partial charge in [-0.05, 0) is 48.4 Å².